The van der Waals surface area contributed by atoms with Gasteiger partial charge in [-0.3, -0.25) is 0 Å². The highest BCUT2D eigenvalue weighted by molar-refractivity contribution is 5.90. The highest BCUT2D eigenvalue weighted by atomic mass is 16.5. The van der Waals surface area contributed by atoms with E-state index in [2.05, 4.69) is 19.9 Å². The van der Waals surface area contributed by atoms with Gasteiger partial charge in [-0.1, -0.05) is 50.3 Å². The van der Waals surface area contributed by atoms with E-state index in [0.717, 1.165) is 0 Å². The van der Waals surface area contributed by atoms with Crippen molar-refractivity contribution in [2.24, 2.45) is 5.92 Å². The van der Waals surface area contributed by atoms with Gasteiger partial charge in [0.25, 0.3) is 0 Å². The van der Waals surface area contributed by atoms with Gasteiger partial charge in [0.1, 0.15) is 35.3 Å². The van der Waals surface area contributed by atoms with Crippen LogP contribution in [-0.4, -0.2) is 0 Å². The van der Waals surface area contributed by atoms with E-state index >= 15 is 0 Å². The van der Waals surface area contributed by atoms with Crippen molar-refractivity contribution in [3.05, 3.63) is 88.4 Å². The first-order valence-corrected chi connectivity index (χ1v) is 8.50. The third-order valence-corrected chi connectivity index (χ3v) is 3.77. The smallest absolute Gasteiger partial charge is 0.138 e. The zero-order valence-electron chi connectivity index (χ0n) is 15.5. The van der Waals surface area contributed by atoms with Gasteiger partial charge in [-0.2, -0.15) is 15.8 Å². The third kappa shape index (κ3) is 4.85. The molecule has 0 saturated heterocycles. The Balaban J connectivity index is 2.75. The van der Waals surface area contributed by atoms with E-state index in [9.17, 15) is 15.8 Å². The first-order valence-electron chi connectivity index (χ1n) is 8.50. The second-order valence-corrected chi connectivity index (χ2v) is 6.29. The second kappa shape index (κ2) is 9.04. The maximum Gasteiger partial charge on any atom is 0.138 e. The van der Waals surface area contributed by atoms with E-state index in [-0.39, 0.29) is 11.1 Å². The fourth-order valence-electron chi connectivity index (χ4n) is 2.59. The summed E-state index contributed by atoms with van der Waals surface area (Å²) in [5.74, 6) is 1.59. The van der Waals surface area contributed by atoms with Crippen molar-refractivity contribution < 1.29 is 4.74 Å². The van der Waals surface area contributed by atoms with Crippen LogP contribution in [0.4, 0.5) is 0 Å². The summed E-state index contributed by atoms with van der Waals surface area (Å²) in [6.45, 7) is 5.91. The predicted molar refractivity (Wildman–Crippen MR) is 104 cm³/mol. The van der Waals surface area contributed by atoms with Gasteiger partial charge in [0.2, 0.25) is 0 Å². The Labute approximate surface area is 159 Å². The fraction of sp³-hybridized carbons (Fsp3) is 0.174. The Morgan fingerprint density at radius 1 is 1.00 bits per heavy atom. The maximum absolute atomic E-state index is 9.86. The molecule has 1 aromatic rings. The molecule has 0 saturated carbocycles. The van der Waals surface area contributed by atoms with Crippen LogP contribution >= 0.6 is 0 Å². The van der Waals surface area contributed by atoms with Gasteiger partial charge in [-0.05, 0) is 42.2 Å². The van der Waals surface area contributed by atoms with Crippen LogP contribution in [0.25, 0.3) is 5.57 Å². The molecule has 0 fully saturated rings. The van der Waals surface area contributed by atoms with Crippen molar-refractivity contribution in [2.45, 2.75) is 20.8 Å². The van der Waals surface area contributed by atoms with Gasteiger partial charge in [-0.15, -0.1) is 0 Å². The molecule has 4 heteroatoms. The average Bonchev–Trinajstić information content (AvgIpc) is 2.67. The van der Waals surface area contributed by atoms with Crippen molar-refractivity contribution in [3.8, 4) is 18.2 Å². The molecule has 132 valence electrons. The number of nitriles is 3. The molecule has 0 spiro atoms. The minimum atomic E-state index is -0.101. The lowest BCUT2D eigenvalue weighted by Crippen LogP contribution is -2.01. The highest BCUT2D eigenvalue weighted by Gasteiger charge is 2.19. The van der Waals surface area contributed by atoms with Crippen molar-refractivity contribution in [1.29, 1.82) is 15.8 Å². The molecule has 1 aliphatic heterocycles. The lowest BCUT2D eigenvalue weighted by Gasteiger charge is -2.16. The van der Waals surface area contributed by atoms with Crippen molar-refractivity contribution >= 4 is 5.57 Å². The summed E-state index contributed by atoms with van der Waals surface area (Å²) < 4.78 is 5.71. The number of hydrogen-bond acceptors (Lipinski definition) is 4. The van der Waals surface area contributed by atoms with Crippen LogP contribution in [0, 0.1) is 39.9 Å². The quantitative estimate of drug-likeness (QED) is 0.684. The van der Waals surface area contributed by atoms with Crippen molar-refractivity contribution in [2.75, 3.05) is 0 Å². The Morgan fingerprint density at radius 2 is 1.67 bits per heavy atom. The number of nitrogens with zero attached hydrogens (tertiary/aromatic N) is 3. The van der Waals surface area contributed by atoms with Crippen LogP contribution in [-0.2, 0) is 4.74 Å². The zero-order valence-corrected chi connectivity index (χ0v) is 15.5. The number of benzene rings is 1. The molecule has 27 heavy (non-hydrogen) atoms. The summed E-state index contributed by atoms with van der Waals surface area (Å²) in [4.78, 5) is 0. The largest absolute Gasteiger partial charge is 0.462 e. The van der Waals surface area contributed by atoms with E-state index in [4.69, 9.17) is 4.74 Å². The first-order chi connectivity index (χ1) is 13.0. The molecule has 1 heterocycles. The average molecular weight is 353 g/mol. The van der Waals surface area contributed by atoms with Crippen LogP contribution in [0.3, 0.4) is 0 Å². The number of hydrogen-bond donors (Lipinski definition) is 0. The van der Waals surface area contributed by atoms with Crippen LogP contribution in [0.2, 0.25) is 0 Å². The minimum Gasteiger partial charge on any atom is -0.462 e. The molecule has 0 N–H and O–H groups in total. The SMILES string of the molecule is CC1=C/C(=C(\C#N)C(=C(C#N)C#N)c2ccccc2)C=C(/C=C/C(C)C)O1. The highest BCUT2D eigenvalue weighted by Crippen LogP contribution is 2.32. The summed E-state index contributed by atoms with van der Waals surface area (Å²) in [7, 11) is 0. The van der Waals surface area contributed by atoms with Gasteiger partial charge in [-0.25, -0.2) is 0 Å². The van der Waals surface area contributed by atoms with E-state index in [1.54, 1.807) is 43.3 Å². The van der Waals surface area contributed by atoms with E-state index in [0.29, 0.717) is 34.1 Å². The molecule has 1 aliphatic rings. The lowest BCUT2D eigenvalue weighted by atomic mass is 9.90. The summed E-state index contributed by atoms with van der Waals surface area (Å²) >= 11 is 0. The van der Waals surface area contributed by atoms with Gasteiger partial charge in [0, 0.05) is 5.57 Å². The Bertz CT molecular complexity index is 982. The van der Waals surface area contributed by atoms with E-state index < -0.39 is 0 Å². The van der Waals surface area contributed by atoms with Gasteiger partial charge < -0.3 is 4.74 Å². The number of allylic oxidation sites excluding steroid dienone is 9. The molecular weight excluding hydrogens is 334 g/mol. The topological polar surface area (TPSA) is 80.6 Å². The zero-order chi connectivity index (χ0) is 19.8. The molecule has 1 aromatic carbocycles. The molecule has 0 atom stereocenters. The van der Waals surface area contributed by atoms with Crippen LogP contribution in [0.5, 0.6) is 0 Å². The monoisotopic (exact) mass is 353 g/mol. The molecule has 0 radical (unpaired) electrons. The maximum atomic E-state index is 9.86. The number of rotatable bonds is 4. The normalized spacial score (nSPS) is 15.0. The third-order valence-electron chi connectivity index (χ3n) is 3.77. The molecule has 0 aromatic heterocycles. The Morgan fingerprint density at radius 3 is 2.22 bits per heavy atom. The molecule has 4 nitrogen and oxygen atoms in total. The van der Waals surface area contributed by atoms with Gasteiger partial charge >= 0.3 is 0 Å². The summed E-state index contributed by atoms with van der Waals surface area (Å²) in [6.07, 6.45) is 7.34. The lowest BCUT2D eigenvalue weighted by molar-refractivity contribution is 0.317. The molecule has 2 rings (SSSR count). The van der Waals surface area contributed by atoms with Crippen molar-refractivity contribution in [1.82, 2.24) is 0 Å². The molecule has 0 unspecified atom stereocenters. The van der Waals surface area contributed by atoms with Crippen LogP contribution in [0.15, 0.2) is 82.9 Å². The van der Waals surface area contributed by atoms with Gasteiger partial charge in [0.05, 0.1) is 5.57 Å². The van der Waals surface area contributed by atoms with Crippen LogP contribution in [0.1, 0.15) is 26.3 Å². The molecule has 0 bridgehead atoms. The predicted octanol–water partition coefficient (Wildman–Crippen LogP) is 5.34. The van der Waals surface area contributed by atoms with E-state index in [1.807, 2.05) is 30.4 Å². The number of ether oxygens (including phenoxy) is 1. The fourth-order valence-corrected chi connectivity index (χ4v) is 2.59. The minimum absolute atomic E-state index is 0.101. The molecular formula is C23H19N3O. The Hall–Kier alpha value is -3.81. The van der Waals surface area contributed by atoms with Gasteiger partial charge in [0.15, 0.2) is 0 Å². The second-order valence-electron chi connectivity index (χ2n) is 6.29. The first kappa shape index (κ1) is 19.5. The molecule has 0 aliphatic carbocycles. The van der Waals surface area contributed by atoms with Crippen molar-refractivity contribution in [3.63, 3.8) is 0 Å². The van der Waals surface area contributed by atoms with Crippen LogP contribution < -0.4 is 0 Å². The summed E-state index contributed by atoms with van der Waals surface area (Å²) in [5.41, 5.74) is 1.73. The standard InChI is InChI=1S/C23H19N3O/c1-16(2)9-10-21-12-19(11-17(3)27-21)22(15-26)23(20(13-24)14-25)18-7-5-4-6-8-18/h4-12,16H,1-3H3/b10-9+,22-19-. The van der Waals surface area contributed by atoms with E-state index in [1.165, 1.54) is 0 Å². The molecule has 0 amide bonds. The summed E-state index contributed by atoms with van der Waals surface area (Å²) in [6, 6.07) is 15.0. The Kier molecular flexibility index (Phi) is 6.54. The summed E-state index contributed by atoms with van der Waals surface area (Å²) in [5, 5.41) is 28.7.